The summed E-state index contributed by atoms with van der Waals surface area (Å²) in [5, 5.41) is 15.7. The van der Waals surface area contributed by atoms with Gasteiger partial charge in [-0.25, -0.2) is 4.39 Å². The van der Waals surface area contributed by atoms with Gasteiger partial charge in [0.1, 0.15) is 5.82 Å². The summed E-state index contributed by atoms with van der Waals surface area (Å²) in [6, 6.07) is 18.7. The summed E-state index contributed by atoms with van der Waals surface area (Å²) in [6.07, 6.45) is 1.57. The molecule has 1 aliphatic rings. The molecule has 0 bridgehead atoms. The number of hydrogen-bond acceptors (Lipinski definition) is 7. The van der Waals surface area contributed by atoms with Gasteiger partial charge in [-0.15, -0.1) is 5.10 Å². The predicted octanol–water partition coefficient (Wildman–Crippen LogP) is 5.12. The smallest absolute Gasteiger partial charge is 0.230 e. The summed E-state index contributed by atoms with van der Waals surface area (Å²) in [4.78, 5) is 10.4. The average molecular weight is 490 g/mol. The molecule has 1 aliphatic heterocycles. The molecule has 5 aromatic rings. The van der Waals surface area contributed by atoms with E-state index in [0.717, 1.165) is 23.5 Å². The van der Waals surface area contributed by atoms with Gasteiger partial charge in [-0.3, -0.25) is 4.90 Å². The second-order valence-electron chi connectivity index (χ2n) is 8.68. The lowest BCUT2D eigenvalue weighted by Crippen LogP contribution is -2.48. The van der Waals surface area contributed by atoms with Crippen LogP contribution in [-0.2, 0) is 0 Å². The normalized spacial score (nSPS) is 15.7. The number of anilines is 1. The molecule has 4 heterocycles. The third-order valence-corrected chi connectivity index (χ3v) is 7.53. The number of fused-ring (bicyclic) bond motifs is 1. The molecule has 0 amide bonds. The fourth-order valence-corrected chi connectivity index (χ4v) is 5.76. The molecule has 7 nitrogen and oxygen atoms in total. The van der Waals surface area contributed by atoms with E-state index in [0.29, 0.717) is 35.3 Å². The van der Waals surface area contributed by atoms with Gasteiger partial charge in [0.25, 0.3) is 0 Å². The van der Waals surface area contributed by atoms with Crippen LogP contribution in [0, 0.1) is 12.7 Å². The first-order chi connectivity index (χ1) is 17.1. The van der Waals surface area contributed by atoms with Crippen molar-refractivity contribution in [1.82, 2.24) is 19.5 Å². The SMILES string of the molecule is Cc1ccc(C(c2sc3nc(-c4ccco4)nn3c2O)N2CCN(c3ccccc3F)CC2)cc1. The fourth-order valence-electron chi connectivity index (χ4n) is 4.64. The first-order valence-electron chi connectivity index (χ1n) is 11.5. The molecule has 1 fully saturated rings. The number of furan rings is 1. The lowest BCUT2D eigenvalue weighted by molar-refractivity contribution is 0.210. The highest BCUT2D eigenvalue weighted by molar-refractivity contribution is 7.17. The quantitative estimate of drug-likeness (QED) is 0.370. The van der Waals surface area contributed by atoms with Gasteiger partial charge >= 0.3 is 0 Å². The van der Waals surface area contributed by atoms with Crippen molar-refractivity contribution in [2.75, 3.05) is 31.1 Å². The Hall–Kier alpha value is -3.69. The molecular weight excluding hydrogens is 465 g/mol. The van der Waals surface area contributed by atoms with Crippen LogP contribution in [0.2, 0.25) is 0 Å². The van der Waals surface area contributed by atoms with Gasteiger partial charge in [-0.1, -0.05) is 53.3 Å². The van der Waals surface area contributed by atoms with E-state index < -0.39 is 0 Å². The number of thiazole rings is 1. The molecule has 0 saturated carbocycles. The molecule has 178 valence electrons. The van der Waals surface area contributed by atoms with Crippen molar-refractivity contribution in [3.63, 3.8) is 0 Å². The van der Waals surface area contributed by atoms with Crippen LogP contribution < -0.4 is 4.90 Å². The molecule has 3 aromatic heterocycles. The topological polar surface area (TPSA) is 70.0 Å². The van der Waals surface area contributed by atoms with E-state index in [9.17, 15) is 9.50 Å². The van der Waals surface area contributed by atoms with Crippen molar-refractivity contribution < 1.29 is 13.9 Å². The third-order valence-electron chi connectivity index (χ3n) is 6.46. The number of aromatic nitrogens is 3. The number of aryl methyl sites for hydroxylation is 1. The second-order valence-corrected chi connectivity index (χ2v) is 9.69. The van der Waals surface area contributed by atoms with Crippen LogP contribution >= 0.6 is 11.3 Å². The molecule has 9 heteroatoms. The molecule has 1 N–H and O–H groups in total. The third kappa shape index (κ3) is 3.96. The van der Waals surface area contributed by atoms with E-state index >= 15 is 0 Å². The van der Waals surface area contributed by atoms with Crippen LogP contribution in [0.1, 0.15) is 22.0 Å². The zero-order valence-corrected chi connectivity index (χ0v) is 20.0. The summed E-state index contributed by atoms with van der Waals surface area (Å²) in [5.74, 6) is 0.874. The number of hydrogen-bond donors (Lipinski definition) is 1. The highest BCUT2D eigenvalue weighted by Crippen LogP contribution is 2.41. The summed E-state index contributed by atoms with van der Waals surface area (Å²) < 4.78 is 21.3. The Morgan fingerprint density at radius 1 is 1.00 bits per heavy atom. The number of aromatic hydroxyl groups is 1. The van der Waals surface area contributed by atoms with Crippen molar-refractivity contribution >= 4 is 22.0 Å². The highest BCUT2D eigenvalue weighted by Gasteiger charge is 2.32. The molecule has 0 spiro atoms. The maximum atomic E-state index is 14.4. The zero-order chi connectivity index (χ0) is 23.9. The van der Waals surface area contributed by atoms with E-state index in [2.05, 4.69) is 51.1 Å². The predicted molar refractivity (Wildman–Crippen MR) is 133 cm³/mol. The van der Waals surface area contributed by atoms with Crippen LogP contribution in [0.3, 0.4) is 0 Å². The van der Waals surface area contributed by atoms with Crippen molar-refractivity contribution in [3.8, 4) is 17.5 Å². The minimum atomic E-state index is -0.202. The second kappa shape index (κ2) is 8.83. The van der Waals surface area contributed by atoms with Crippen molar-refractivity contribution in [2.45, 2.75) is 13.0 Å². The van der Waals surface area contributed by atoms with Crippen LogP contribution in [0.25, 0.3) is 16.5 Å². The van der Waals surface area contributed by atoms with E-state index in [1.807, 2.05) is 12.1 Å². The molecule has 6 rings (SSSR count). The van der Waals surface area contributed by atoms with E-state index in [4.69, 9.17) is 4.42 Å². The number of nitrogens with zero attached hydrogens (tertiary/aromatic N) is 5. The van der Waals surface area contributed by atoms with E-state index in [1.54, 1.807) is 24.5 Å². The number of rotatable bonds is 5. The van der Waals surface area contributed by atoms with Crippen molar-refractivity contribution in [3.05, 3.63) is 88.7 Å². The summed E-state index contributed by atoms with van der Waals surface area (Å²) in [5.41, 5.74) is 2.89. The monoisotopic (exact) mass is 489 g/mol. The lowest BCUT2D eigenvalue weighted by atomic mass is 10.0. The molecule has 0 aliphatic carbocycles. The molecular formula is C26H24FN5O2S. The Kier molecular flexibility index (Phi) is 5.50. The first-order valence-corrected chi connectivity index (χ1v) is 12.3. The van der Waals surface area contributed by atoms with Gasteiger partial charge in [-0.2, -0.15) is 9.50 Å². The van der Waals surface area contributed by atoms with E-state index in [-0.39, 0.29) is 17.7 Å². The van der Waals surface area contributed by atoms with Crippen molar-refractivity contribution in [2.24, 2.45) is 0 Å². The maximum absolute atomic E-state index is 14.4. The summed E-state index contributed by atoms with van der Waals surface area (Å²) in [7, 11) is 0. The Bertz CT molecular complexity index is 1450. The molecule has 0 radical (unpaired) electrons. The lowest BCUT2D eigenvalue weighted by Gasteiger charge is -2.40. The molecule has 2 aromatic carbocycles. The van der Waals surface area contributed by atoms with Gasteiger partial charge < -0.3 is 14.4 Å². The summed E-state index contributed by atoms with van der Waals surface area (Å²) >= 11 is 1.42. The Balaban J connectivity index is 1.34. The number of halogens is 1. The Morgan fingerprint density at radius 2 is 1.77 bits per heavy atom. The van der Waals surface area contributed by atoms with Crippen LogP contribution in [-0.4, -0.2) is 50.8 Å². The zero-order valence-electron chi connectivity index (χ0n) is 19.1. The number of para-hydroxylation sites is 1. The minimum absolute atomic E-state index is 0.0809. The van der Waals surface area contributed by atoms with Crippen LogP contribution in [0.5, 0.6) is 5.88 Å². The van der Waals surface area contributed by atoms with Gasteiger partial charge in [0.05, 0.1) is 22.9 Å². The van der Waals surface area contributed by atoms with Gasteiger partial charge in [0.2, 0.25) is 16.7 Å². The molecule has 1 unspecified atom stereocenters. The Labute approximate surface area is 205 Å². The highest BCUT2D eigenvalue weighted by atomic mass is 32.1. The molecule has 1 atom stereocenters. The molecule has 35 heavy (non-hydrogen) atoms. The summed E-state index contributed by atoms with van der Waals surface area (Å²) in [6.45, 7) is 4.87. The van der Waals surface area contributed by atoms with Crippen molar-refractivity contribution in [1.29, 1.82) is 0 Å². The first kappa shape index (κ1) is 21.8. The van der Waals surface area contributed by atoms with Gasteiger partial charge in [0.15, 0.2) is 5.76 Å². The maximum Gasteiger partial charge on any atom is 0.230 e. The van der Waals surface area contributed by atoms with Crippen LogP contribution in [0.15, 0.2) is 71.3 Å². The van der Waals surface area contributed by atoms with Crippen LogP contribution in [0.4, 0.5) is 10.1 Å². The average Bonchev–Trinajstić information content (AvgIpc) is 3.60. The van der Waals surface area contributed by atoms with Gasteiger partial charge in [-0.05, 0) is 36.8 Å². The number of benzene rings is 2. The minimum Gasteiger partial charge on any atom is -0.492 e. The van der Waals surface area contributed by atoms with E-state index in [1.165, 1.54) is 27.5 Å². The Morgan fingerprint density at radius 3 is 2.46 bits per heavy atom. The fraction of sp³-hybridized carbons (Fsp3) is 0.231. The largest absolute Gasteiger partial charge is 0.492 e. The number of piperazine rings is 1. The molecule has 1 saturated heterocycles. The van der Waals surface area contributed by atoms with Gasteiger partial charge in [0, 0.05) is 26.2 Å². The standard InChI is InChI=1S/C26H24FN5O2S/c1-17-8-10-18(11-9-17)22(31-14-12-30(13-15-31)20-6-3-2-5-19(20)27)23-25(33)32-26(35-23)28-24(29-32)21-7-4-16-34-21/h2-11,16,22,33H,12-15H2,1H3.